The predicted octanol–water partition coefficient (Wildman–Crippen LogP) is 3.42. The van der Waals surface area contributed by atoms with Crippen molar-refractivity contribution in [3.8, 4) is 0 Å². The highest BCUT2D eigenvalue weighted by Gasteiger charge is 2.22. The van der Waals surface area contributed by atoms with E-state index in [4.69, 9.17) is 0 Å². The second-order valence-corrected chi connectivity index (χ2v) is 7.57. The lowest BCUT2D eigenvalue weighted by Gasteiger charge is -2.05. The summed E-state index contributed by atoms with van der Waals surface area (Å²) in [4.78, 5) is 27.0. The Morgan fingerprint density at radius 3 is 2.73 bits per heavy atom. The van der Waals surface area contributed by atoms with Gasteiger partial charge in [-0.15, -0.1) is 11.3 Å². The normalized spacial score (nSPS) is 12.8. The number of aromatic amines is 1. The number of carbonyl (C=O) groups excluding carboxylic acids is 1. The number of carbonyl (C=O) groups is 1. The molecule has 8 heteroatoms. The van der Waals surface area contributed by atoms with Crippen molar-refractivity contribution in [1.29, 1.82) is 0 Å². The van der Waals surface area contributed by atoms with Crippen LogP contribution in [0.1, 0.15) is 42.9 Å². The quantitative estimate of drug-likeness (QED) is 0.742. The number of hydrogen-bond donors (Lipinski definition) is 2. The Kier molecular flexibility index (Phi) is 3.91. The molecule has 1 aliphatic rings. The van der Waals surface area contributed by atoms with Gasteiger partial charge in [-0.1, -0.05) is 0 Å². The third-order valence-corrected chi connectivity index (χ3v) is 5.56. The van der Waals surface area contributed by atoms with Gasteiger partial charge in [0.2, 0.25) is 0 Å². The van der Waals surface area contributed by atoms with E-state index in [0.717, 1.165) is 38.1 Å². The molecule has 0 saturated carbocycles. The lowest BCUT2D eigenvalue weighted by molar-refractivity contribution is 0.102. The van der Waals surface area contributed by atoms with Gasteiger partial charge in [0.15, 0.2) is 11.5 Å². The highest BCUT2D eigenvalue weighted by atomic mass is 32.1. The van der Waals surface area contributed by atoms with E-state index >= 15 is 0 Å². The van der Waals surface area contributed by atoms with E-state index in [0.29, 0.717) is 23.6 Å². The lowest BCUT2D eigenvalue weighted by atomic mass is 10.1. The van der Waals surface area contributed by atoms with Crippen LogP contribution in [0, 0.1) is 27.7 Å². The number of aromatic nitrogens is 4. The van der Waals surface area contributed by atoms with Crippen molar-refractivity contribution in [2.45, 2.75) is 34.1 Å². The number of anilines is 1. The highest BCUT2D eigenvalue weighted by Crippen LogP contribution is 2.31. The van der Waals surface area contributed by atoms with Gasteiger partial charge in [-0.3, -0.25) is 9.89 Å². The molecule has 3 aromatic heterocycles. The maximum absolute atomic E-state index is 12.4. The SMILES string of the molecule is Cc1nc(C)c(C2=Nc3ncc(NC(=O)c4n[nH]c(C)c4C)cc3C2)s1. The van der Waals surface area contributed by atoms with Crippen LogP contribution in [-0.4, -0.2) is 31.8 Å². The topological polar surface area (TPSA) is 95.9 Å². The monoisotopic (exact) mass is 366 g/mol. The summed E-state index contributed by atoms with van der Waals surface area (Å²) in [6.07, 6.45) is 2.32. The molecule has 0 radical (unpaired) electrons. The van der Waals surface area contributed by atoms with E-state index in [-0.39, 0.29) is 5.91 Å². The Labute approximate surface area is 154 Å². The minimum absolute atomic E-state index is 0.248. The van der Waals surface area contributed by atoms with Crippen molar-refractivity contribution < 1.29 is 4.79 Å². The Hall–Kier alpha value is -2.87. The van der Waals surface area contributed by atoms with Gasteiger partial charge in [-0.25, -0.2) is 15.0 Å². The first kappa shape index (κ1) is 16.6. The molecule has 0 atom stereocenters. The minimum atomic E-state index is -0.248. The number of pyridine rings is 1. The zero-order valence-corrected chi connectivity index (χ0v) is 15.8. The van der Waals surface area contributed by atoms with Crippen LogP contribution in [0.3, 0.4) is 0 Å². The van der Waals surface area contributed by atoms with Crippen molar-refractivity contribution in [3.05, 3.63) is 50.4 Å². The van der Waals surface area contributed by atoms with Crippen molar-refractivity contribution in [3.63, 3.8) is 0 Å². The molecule has 0 saturated heterocycles. The number of fused-ring (bicyclic) bond motifs is 1. The molecular formula is C18H18N6OS. The number of aliphatic imine (C=N–C) groups is 1. The van der Waals surface area contributed by atoms with Crippen LogP contribution < -0.4 is 5.32 Å². The number of amides is 1. The van der Waals surface area contributed by atoms with Gasteiger partial charge < -0.3 is 5.32 Å². The highest BCUT2D eigenvalue weighted by molar-refractivity contribution is 7.13. The molecule has 132 valence electrons. The zero-order chi connectivity index (χ0) is 18.4. The number of nitrogens with one attached hydrogen (secondary N) is 2. The summed E-state index contributed by atoms with van der Waals surface area (Å²) < 4.78 is 0. The molecular weight excluding hydrogens is 348 g/mol. The fourth-order valence-corrected chi connectivity index (χ4v) is 3.88. The number of H-pyrrole nitrogens is 1. The molecule has 0 unspecified atom stereocenters. The Balaban J connectivity index is 1.55. The fourth-order valence-electron chi connectivity index (χ4n) is 2.98. The number of aryl methyl sites for hydroxylation is 3. The van der Waals surface area contributed by atoms with E-state index in [1.165, 1.54) is 0 Å². The van der Waals surface area contributed by atoms with Crippen LogP contribution in [0.25, 0.3) is 0 Å². The summed E-state index contributed by atoms with van der Waals surface area (Å²) in [6.45, 7) is 7.75. The third-order valence-electron chi connectivity index (χ3n) is 4.43. The Morgan fingerprint density at radius 2 is 2.08 bits per heavy atom. The number of nitrogens with zero attached hydrogens (tertiary/aromatic N) is 4. The van der Waals surface area contributed by atoms with E-state index < -0.39 is 0 Å². The number of hydrogen-bond acceptors (Lipinski definition) is 6. The Bertz CT molecular complexity index is 1060. The van der Waals surface area contributed by atoms with Gasteiger partial charge >= 0.3 is 0 Å². The van der Waals surface area contributed by atoms with Crippen LogP contribution in [0.15, 0.2) is 17.3 Å². The lowest BCUT2D eigenvalue weighted by Crippen LogP contribution is -2.14. The number of thiazole rings is 1. The Morgan fingerprint density at radius 1 is 1.27 bits per heavy atom. The smallest absolute Gasteiger partial charge is 0.276 e. The molecule has 2 N–H and O–H groups in total. The van der Waals surface area contributed by atoms with Gasteiger partial charge in [0.25, 0.3) is 5.91 Å². The average molecular weight is 366 g/mol. The molecule has 7 nitrogen and oxygen atoms in total. The summed E-state index contributed by atoms with van der Waals surface area (Å²) in [5.41, 5.74) is 5.75. The van der Waals surface area contributed by atoms with Gasteiger partial charge in [0.1, 0.15) is 0 Å². The first-order chi connectivity index (χ1) is 12.4. The molecule has 1 aliphatic heterocycles. The van der Waals surface area contributed by atoms with E-state index in [2.05, 4.69) is 30.5 Å². The second kappa shape index (κ2) is 6.14. The largest absolute Gasteiger partial charge is 0.319 e. The summed E-state index contributed by atoms with van der Waals surface area (Å²) in [6, 6.07) is 1.93. The molecule has 4 rings (SSSR count). The standard InChI is InChI=1S/C18H18N6OS/c1-8-9(2)23-24-15(8)18(25)21-13-5-12-6-14(22-17(12)19-7-13)16-10(3)20-11(4)26-16/h5,7H,6H2,1-4H3,(H,21,25)(H,23,24). The molecule has 0 spiro atoms. The van der Waals surface area contributed by atoms with Crippen LogP contribution in [-0.2, 0) is 6.42 Å². The molecule has 0 aromatic carbocycles. The average Bonchev–Trinajstić information content (AvgIpc) is 3.25. The van der Waals surface area contributed by atoms with Gasteiger partial charge in [0, 0.05) is 23.2 Å². The van der Waals surface area contributed by atoms with Gasteiger partial charge in [-0.2, -0.15) is 5.10 Å². The maximum atomic E-state index is 12.4. The van der Waals surface area contributed by atoms with Gasteiger partial charge in [-0.05, 0) is 33.8 Å². The van der Waals surface area contributed by atoms with Gasteiger partial charge in [0.05, 0.1) is 33.2 Å². The molecule has 26 heavy (non-hydrogen) atoms. The predicted molar refractivity (Wildman–Crippen MR) is 102 cm³/mol. The first-order valence-electron chi connectivity index (χ1n) is 8.26. The second-order valence-electron chi connectivity index (χ2n) is 6.37. The number of rotatable bonds is 3. The van der Waals surface area contributed by atoms with Crippen molar-refractivity contribution in [1.82, 2.24) is 20.2 Å². The van der Waals surface area contributed by atoms with Crippen LogP contribution >= 0.6 is 11.3 Å². The summed E-state index contributed by atoms with van der Waals surface area (Å²) in [7, 11) is 0. The van der Waals surface area contributed by atoms with E-state index in [1.807, 2.05) is 33.8 Å². The van der Waals surface area contributed by atoms with Crippen LogP contribution in [0.4, 0.5) is 11.5 Å². The summed E-state index contributed by atoms with van der Waals surface area (Å²) in [5, 5.41) is 10.8. The minimum Gasteiger partial charge on any atom is -0.319 e. The molecule has 0 fully saturated rings. The maximum Gasteiger partial charge on any atom is 0.276 e. The summed E-state index contributed by atoms with van der Waals surface area (Å²) >= 11 is 1.65. The van der Waals surface area contributed by atoms with Crippen LogP contribution in [0.2, 0.25) is 0 Å². The molecule has 1 amide bonds. The first-order valence-corrected chi connectivity index (χ1v) is 9.08. The fraction of sp³-hybridized carbons (Fsp3) is 0.278. The van der Waals surface area contributed by atoms with E-state index in [9.17, 15) is 4.79 Å². The van der Waals surface area contributed by atoms with E-state index in [1.54, 1.807) is 17.5 Å². The van der Waals surface area contributed by atoms with Crippen molar-refractivity contribution >= 4 is 34.5 Å². The van der Waals surface area contributed by atoms with Crippen molar-refractivity contribution in [2.75, 3.05) is 5.32 Å². The summed E-state index contributed by atoms with van der Waals surface area (Å²) in [5.74, 6) is 0.455. The molecule has 3 aromatic rings. The molecule has 0 aliphatic carbocycles. The molecule has 0 bridgehead atoms. The molecule has 4 heterocycles. The van der Waals surface area contributed by atoms with Crippen molar-refractivity contribution in [2.24, 2.45) is 4.99 Å². The zero-order valence-electron chi connectivity index (χ0n) is 15.0. The third kappa shape index (κ3) is 2.82. The van der Waals surface area contributed by atoms with Crippen LogP contribution in [0.5, 0.6) is 0 Å².